The maximum absolute atomic E-state index is 13.8. The van der Waals surface area contributed by atoms with Crippen molar-refractivity contribution in [2.24, 2.45) is 5.41 Å². The number of benzene rings is 2. The van der Waals surface area contributed by atoms with E-state index in [4.69, 9.17) is 0 Å². The topological polar surface area (TPSA) is 32.3 Å². The molecule has 1 N–H and O–H groups in total. The van der Waals surface area contributed by atoms with Crippen LogP contribution in [0.15, 0.2) is 54.6 Å². The highest BCUT2D eigenvalue weighted by atomic mass is 19.4. The van der Waals surface area contributed by atoms with E-state index in [0.29, 0.717) is 25.9 Å². The molecule has 2 fully saturated rings. The largest absolute Gasteiger partial charge is 0.404 e. The lowest BCUT2D eigenvalue weighted by Gasteiger charge is -2.50. The number of hydrogen-bond donors (Lipinski definition) is 1. The van der Waals surface area contributed by atoms with Gasteiger partial charge in [0.2, 0.25) is 5.91 Å². The van der Waals surface area contributed by atoms with Crippen molar-refractivity contribution in [1.29, 1.82) is 0 Å². The summed E-state index contributed by atoms with van der Waals surface area (Å²) in [4.78, 5) is 14.3. The average Bonchev–Trinajstić information content (AvgIpc) is 2.75. The fourth-order valence-electron chi connectivity index (χ4n) is 5.21. The third-order valence-electron chi connectivity index (χ3n) is 6.94. The van der Waals surface area contributed by atoms with Crippen molar-refractivity contribution in [2.45, 2.75) is 37.3 Å². The van der Waals surface area contributed by atoms with Gasteiger partial charge in [0.1, 0.15) is 5.82 Å². The number of likely N-dealkylation sites (tertiary alicyclic amines) is 1. The molecule has 2 atom stereocenters. The van der Waals surface area contributed by atoms with Crippen molar-refractivity contribution < 1.29 is 22.4 Å². The quantitative estimate of drug-likeness (QED) is 0.700. The maximum Gasteiger partial charge on any atom is 0.404 e. The Morgan fingerprint density at radius 2 is 1.65 bits per heavy atom. The molecule has 3 nitrogen and oxygen atoms in total. The van der Waals surface area contributed by atoms with Gasteiger partial charge in [-0.25, -0.2) is 4.39 Å². The molecule has 0 bridgehead atoms. The fraction of sp³-hybridized carbons (Fsp3) is 0.458. The summed E-state index contributed by atoms with van der Waals surface area (Å²) < 4.78 is 54.8. The summed E-state index contributed by atoms with van der Waals surface area (Å²) in [5.41, 5.74) is 0.914. The zero-order chi connectivity index (χ0) is 22.1. The molecule has 31 heavy (non-hydrogen) atoms. The van der Waals surface area contributed by atoms with E-state index in [1.807, 2.05) is 0 Å². The Bertz CT molecular complexity index is 890. The number of alkyl halides is 3. The van der Waals surface area contributed by atoms with E-state index in [2.05, 4.69) is 5.32 Å². The van der Waals surface area contributed by atoms with Crippen LogP contribution in [0.1, 0.15) is 42.2 Å². The standard InChI is InChI=1S/C24H26F4N2O/c25-19-8-6-17(7-9-19)20-16-29-13-10-23(20)11-14-30(15-12-23)22(31)21(24(26,27)28)18-4-2-1-3-5-18/h1-9,20-21,29H,10-16H2/t20-,21-/m0/s1. The normalized spacial score (nSPS) is 22.3. The van der Waals surface area contributed by atoms with Gasteiger partial charge in [-0.15, -0.1) is 0 Å². The summed E-state index contributed by atoms with van der Waals surface area (Å²) in [5, 5.41) is 3.39. The van der Waals surface area contributed by atoms with E-state index in [0.717, 1.165) is 25.1 Å². The zero-order valence-corrected chi connectivity index (χ0v) is 17.2. The number of hydrogen-bond acceptors (Lipinski definition) is 2. The van der Waals surface area contributed by atoms with E-state index < -0.39 is 18.0 Å². The van der Waals surface area contributed by atoms with Crippen LogP contribution in [0.4, 0.5) is 17.6 Å². The SMILES string of the molecule is O=C([C@H](c1ccccc1)C(F)(F)F)N1CCC2(CCNC[C@H]2c2ccc(F)cc2)CC1. The highest BCUT2D eigenvalue weighted by molar-refractivity contribution is 5.84. The van der Waals surface area contributed by atoms with Gasteiger partial charge in [-0.05, 0) is 54.5 Å². The average molecular weight is 434 g/mol. The highest BCUT2D eigenvalue weighted by Crippen LogP contribution is 2.49. The Balaban J connectivity index is 1.52. The first-order chi connectivity index (χ1) is 14.8. The van der Waals surface area contributed by atoms with Crippen LogP contribution in [0.2, 0.25) is 0 Å². The Morgan fingerprint density at radius 3 is 2.26 bits per heavy atom. The molecule has 0 aromatic heterocycles. The second-order valence-corrected chi connectivity index (χ2v) is 8.63. The number of rotatable bonds is 3. The van der Waals surface area contributed by atoms with Crippen LogP contribution in [0.3, 0.4) is 0 Å². The Morgan fingerprint density at radius 1 is 1.00 bits per heavy atom. The second kappa shape index (κ2) is 8.61. The van der Waals surface area contributed by atoms with Crippen LogP contribution in [0.25, 0.3) is 0 Å². The minimum absolute atomic E-state index is 0.0219. The number of halogens is 4. The van der Waals surface area contributed by atoms with Gasteiger partial charge in [0, 0.05) is 25.6 Å². The van der Waals surface area contributed by atoms with Crippen LogP contribution < -0.4 is 5.32 Å². The molecule has 2 aromatic carbocycles. The highest BCUT2D eigenvalue weighted by Gasteiger charge is 2.50. The smallest absolute Gasteiger partial charge is 0.342 e. The maximum atomic E-state index is 13.8. The third-order valence-corrected chi connectivity index (χ3v) is 6.94. The summed E-state index contributed by atoms with van der Waals surface area (Å²) in [6.07, 6.45) is -2.47. The molecule has 0 aliphatic carbocycles. The van der Waals surface area contributed by atoms with E-state index in [-0.39, 0.29) is 22.7 Å². The van der Waals surface area contributed by atoms with E-state index in [9.17, 15) is 22.4 Å². The van der Waals surface area contributed by atoms with Gasteiger partial charge in [0.05, 0.1) is 0 Å². The lowest BCUT2D eigenvalue weighted by molar-refractivity contribution is -0.173. The van der Waals surface area contributed by atoms with E-state index in [1.165, 1.54) is 41.3 Å². The number of nitrogens with zero attached hydrogens (tertiary/aromatic N) is 1. The van der Waals surface area contributed by atoms with Crippen LogP contribution in [0.5, 0.6) is 0 Å². The van der Waals surface area contributed by atoms with E-state index >= 15 is 0 Å². The minimum atomic E-state index is -4.64. The molecule has 2 aliphatic heterocycles. The molecule has 2 heterocycles. The van der Waals surface area contributed by atoms with Gasteiger partial charge in [0.15, 0.2) is 5.92 Å². The summed E-state index contributed by atoms with van der Waals surface area (Å²) in [6, 6.07) is 13.9. The van der Waals surface area contributed by atoms with Crippen LogP contribution in [-0.2, 0) is 4.79 Å². The predicted molar refractivity (Wildman–Crippen MR) is 110 cm³/mol. The summed E-state index contributed by atoms with van der Waals surface area (Å²) >= 11 is 0. The molecule has 4 rings (SSSR count). The lowest BCUT2D eigenvalue weighted by Crippen LogP contribution is -2.52. The fourth-order valence-corrected chi connectivity index (χ4v) is 5.21. The zero-order valence-electron chi connectivity index (χ0n) is 17.2. The van der Waals surface area contributed by atoms with Crippen LogP contribution in [0, 0.1) is 11.2 Å². The molecular formula is C24H26F4N2O. The molecule has 7 heteroatoms. The minimum Gasteiger partial charge on any atom is -0.342 e. The van der Waals surface area contributed by atoms with Gasteiger partial charge in [-0.2, -0.15) is 13.2 Å². The molecule has 2 aromatic rings. The lowest BCUT2D eigenvalue weighted by atomic mass is 9.62. The Kier molecular flexibility index (Phi) is 6.06. The molecule has 2 aliphatic rings. The number of amides is 1. The molecule has 0 saturated carbocycles. The number of carbonyl (C=O) groups excluding carboxylic acids is 1. The molecular weight excluding hydrogens is 408 g/mol. The van der Waals surface area contributed by atoms with Crippen molar-refractivity contribution in [3.05, 3.63) is 71.5 Å². The van der Waals surface area contributed by atoms with Crippen molar-refractivity contribution in [2.75, 3.05) is 26.2 Å². The molecule has 1 amide bonds. The van der Waals surface area contributed by atoms with Crippen molar-refractivity contribution in [3.8, 4) is 0 Å². The van der Waals surface area contributed by atoms with Gasteiger partial charge >= 0.3 is 6.18 Å². The van der Waals surface area contributed by atoms with Gasteiger partial charge in [0.25, 0.3) is 0 Å². The van der Waals surface area contributed by atoms with Gasteiger partial charge < -0.3 is 10.2 Å². The molecule has 0 unspecified atom stereocenters. The van der Waals surface area contributed by atoms with Crippen molar-refractivity contribution in [3.63, 3.8) is 0 Å². The van der Waals surface area contributed by atoms with Gasteiger partial charge in [-0.1, -0.05) is 42.5 Å². The molecule has 166 valence electrons. The molecule has 2 saturated heterocycles. The Hall–Kier alpha value is -2.41. The molecule has 1 spiro atoms. The summed E-state index contributed by atoms with van der Waals surface area (Å²) in [7, 11) is 0. The summed E-state index contributed by atoms with van der Waals surface area (Å²) in [6.45, 7) is 2.18. The number of carbonyl (C=O) groups is 1. The summed E-state index contributed by atoms with van der Waals surface area (Å²) in [5.74, 6) is -3.16. The monoisotopic (exact) mass is 434 g/mol. The Labute approximate surface area is 179 Å². The number of nitrogens with one attached hydrogen (secondary N) is 1. The van der Waals surface area contributed by atoms with Crippen LogP contribution >= 0.6 is 0 Å². The van der Waals surface area contributed by atoms with Crippen LogP contribution in [-0.4, -0.2) is 43.2 Å². The predicted octanol–water partition coefficient (Wildman–Crippen LogP) is 4.86. The van der Waals surface area contributed by atoms with Crippen molar-refractivity contribution >= 4 is 5.91 Å². The van der Waals surface area contributed by atoms with E-state index in [1.54, 1.807) is 18.2 Å². The molecule has 0 radical (unpaired) electrons. The van der Waals surface area contributed by atoms with Gasteiger partial charge in [-0.3, -0.25) is 4.79 Å². The third kappa shape index (κ3) is 4.47. The number of piperidine rings is 2. The first kappa shape index (κ1) is 21.8. The first-order valence-corrected chi connectivity index (χ1v) is 10.7. The van der Waals surface area contributed by atoms with Crippen molar-refractivity contribution in [1.82, 2.24) is 10.2 Å². The first-order valence-electron chi connectivity index (χ1n) is 10.7. The second-order valence-electron chi connectivity index (χ2n) is 8.63.